The van der Waals surface area contributed by atoms with Crippen LogP contribution in [0.5, 0.6) is 0 Å². The molecule has 0 amide bonds. The molecular weight excluding hydrogens is 368 g/mol. The van der Waals surface area contributed by atoms with Gasteiger partial charge < -0.3 is 4.74 Å². The Hall–Kier alpha value is 0.480. The molecule has 0 heterocycles. The third-order valence-electron chi connectivity index (χ3n) is 5.37. The van der Waals surface area contributed by atoms with Crippen LogP contribution in [0.25, 0.3) is 0 Å². The Morgan fingerprint density at radius 1 is 1.21 bits per heavy atom. The van der Waals surface area contributed by atoms with E-state index in [1.54, 1.807) is 0 Å². The highest BCUT2D eigenvalue weighted by Gasteiger charge is 2.63. The maximum absolute atomic E-state index is 12.2. The Balaban J connectivity index is 1.96. The Labute approximate surface area is 126 Å². The predicted molar refractivity (Wildman–Crippen MR) is 77.5 cm³/mol. The minimum Gasteiger partial charge on any atom is -0.373 e. The van der Waals surface area contributed by atoms with Gasteiger partial charge in [-0.1, -0.05) is 36.4 Å². The minimum atomic E-state index is -4.06. The zero-order chi connectivity index (χ0) is 14.3. The van der Waals surface area contributed by atoms with Crippen LogP contribution in [0.4, 0.5) is 13.2 Å². The highest BCUT2D eigenvalue weighted by molar-refractivity contribution is 14.1. The number of alkyl halides is 4. The van der Waals surface area contributed by atoms with Crippen molar-refractivity contribution in [1.82, 2.24) is 0 Å². The molecule has 0 spiro atoms. The van der Waals surface area contributed by atoms with Crippen molar-refractivity contribution in [2.75, 3.05) is 11.0 Å². The second kappa shape index (κ2) is 5.35. The van der Waals surface area contributed by atoms with Crippen molar-refractivity contribution in [2.24, 2.45) is 17.3 Å². The molecule has 2 bridgehead atoms. The molecule has 0 aliphatic heterocycles. The molecule has 19 heavy (non-hydrogen) atoms. The number of hydrogen-bond donors (Lipinski definition) is 0. The van der Waals surface area contributed by atoms with Gasteiger partial charge in [-0.15, -0.1) is 0 Å². The standard InChI is InChI=1S/C14H22F3IO/c1-12(2)10-4-5-11(8-10)13(12,9-18)19-7-3-6-14(15,16)17/h10-11H,3-9H2,1-2H3. The lowest BCUT2D eigenvalue weighted by Gasteiger charge is -2.49. The molecule has 3 atom stereocenters. The molecule has 0 saturated heterocycles. The quantitative estimate of drug-likeness (QED) is 0.366. The summed E-state index contributed by atoms with van der Waals surface area (Å²) in [6.07, 6.45) is -1.10. The molecule has 0 aromatic heterocycles. The summed E-state index contributed by atoms with van der Waals surface area (Å²) in [5, 5.41) is 0. The van der Waals surface area contributed by atoms with E-state index >= 15 is 0 Å². The maximum Gasteiger partial charge on any atom is 0.389 e. The molecule has 2 fully saturated rings. The molecule has 0 aromatic carbocycles. The van der Waals surface area contributed by atoms with Gasteiger partial charge in [0.05, 0.1) is 5.60 Å². The Morgan fingerprint density at radius 3 is 2.32 bits per heavy atom. The van der Waals surface area contributed by atoms with Crippen LogP contribution < -0.4 is 0 Å². The van der Waals surface area contributed by atoms with E-state index < -0.39 is 12.6 Å². The fourth-order valence-electron chi connectivity index (χ4n) is 4.08. The van der Waals surface area contributed by atoms with Gasteiger partial charge >= 0.3 is 6.18 Å². The fourth-order valence-corrected chi connectivity index (χ4v) is 5.91. The maximum atomic E-state index is 12.2. The van der Waals surface area contributed by atoms with E-state index in [1.807, 2.05) is 0 Å². The molecule has 0 N–H and O–H groups in total. The third kappa shape index (κ3) is 2.78. The van der Waals surface area contributed by atoms with Crippen LogP contribution >= 0.6 is 22.6 Å². The normalized spacial score (nSPS) is 36.9. The Bertz CT molecular complexity index is 329. The number of halogens is 4. The van der Waals surface area contributed by atoms with Crippen molar-refractivity contribution in [3.63, 3.8) is 0 Å². The second-order valence-corrected chi connectivity index (χ2v) is 7.28. The molecule has 2 aliphatic carbocycles. The molecule has 0 radical (unpaired) electrons. The van der Waals surface area contributed by atoms with E-state index in [0.717, 1.165) is 4.43 Å². The van der Waals surface area contributed by atoms with Crippen LogP contribution in [0.1, 0.15) is 46.0 Å². The first-order valence-electron chi connectivity index (χ1n) is 6.99. The van der Waals surface area contributed by atoms with Gasteiger partial charge in [-0.25, -0.2) is 0 Å². The largest absolute Gasteiger partial charge is 0.389 e. The molecule has 2 rings (SSSR count). The van der Waals surface area contributed by atoms with Gasteiger partial charge in [-0.3, -0.25) is 0 Å². The zero-order valence-corrected chi connectivity index (χ0v) is 13.7. The highest BCUT2D eigenvalue weighted by atomic mass is 127. The molecule has 0 aromatic rings. The molecular formula is C14H22F3IO. The number of fused-ring (bicyclic) bond motifs is 2. The van der Waals surface area contributed by atoms with Crippen LogP contribution in [-0.2, 0) is 4.74 Å². The summed E-state index contributed by atoms with van der Waals surface area (Å²) in [5.74, 6) is 1.21. The summed E-state index contributed by atoms with van der Waals surface area (Å²) < 4.78 is 43.5. The molecule has 1 nitrogen and oxygen atoms in total. The molecule has 2 saturated carbocycles. The first-order chi connectivity index (χ1) is 8.73. The molecule has 112 valence electrons. The van der Waals surface area contributed by atoms with Crippen molar-refractivity contribution >= 4 is 22.6 Å². The van der Waals surface area contributed by atoms with Crippen LogP contribution in [-0.4, -0.2) is 22.8 Å². The van der Waals surface area contributed by atoms with Crippen molar-refractivity contribution < 1.29 is 17.9 Å². The van der Waals surface area contributed by atoms with Crippen molar-refractivity contribution in [3.05, 3.63) is 0 Å². The summed E-state index contributed by atoms with van der Waals surface area (Å²) >= 11 is 2.35. The number of hydrogen-bond acceptors (Lipinski definition) is 1. The van der Waals surface area contributed by atoms with Gasteiger partial charge in [-0.2, -0.15) is 13.2 Å². The number of rotatable bonds is 5. The lowest BCUT2D eigenvalue weighted by atomic mass is 9.66. The first kappa shape index (κ1) is 15.9. The Morgan fingerprint density at radius 2 is 1.84 bits per heavy atom. The average molecular weight is 390 g/mol. The lowest BCUT2D eigenvalue weighted by Crippen LogP contribution is -2.53. The SMILES string of the molecule is CC1(C)C2CCC(C2)C1(CI)OCCCC(F)(F)F. The second-order valence-electron chi connectivity index (χ2n) is 6.52. The van der Waals surface area contributed by atoms with Crippen molar-refractivity contribution in [2.45, 2.75) is 57.7 Å². The monoisotopic (exact) mass is 390 g/mol. The van der Waals surface area contributed by atoms with Gasteiger partial charge in [-0.05, 0) is 42.9 Å². The average Bonchev–Trinajstić information content (AvgIpc) is 2.83. The summed E-state index contributed by atoms with van der Waals surface area (Å²) in [6.45, 7) is 4.70. The zero-order valence-electron chi connectivity index (χ0n) is 11.5. The van der Waals surface area contributed by atoms with E-state index in [9.17, 15) is 13.2 Å². The van der Waals surface area contributed by atoms with E-state index in [1.165, 1.54) is 19.3 Å². The third-order valence-corrected chi connectivity index (χ3v) is 6.50. The van der Waals surface area contributed by atoms with Gasteiger partial charge in [0.2, 0.25) is 0 Å². The lowest BCUT2D eigenvalue weighted by molar-refractivity contribution is -0.157. The van der Waals surface area contributed by atoms with Crippen molar-refractivity contribution in [1.29, 1.82) is 0 Å². The van der Waals surface area contributed by atoms with E-state index in [4.69, 9.17) is 4.74 Å². The molecule has 5 heteroatoms. The summed E-state index contributed by atoms with van der Waals surface area (Å²) in [6, 6.07) is 0. The topological polar surface area (TPSA) is 9.23 Å². The van der Waals surface area contributed by atoms with Crippen LogP contribution in [0.2, 0.25) is 0 Å². The van der Waals surface area contributed by atoms with E-state index in [2.05, 4.69) is 36.4 Å². The first-order valence-corrected chi connectivity index (χ1v) is 8.52. The van der Waals surface area contributed by atoms with E-state index in [-0.39, 0.29) is 24.0 Å². The van der Waals surface area contributed by atoms with Crippen LogP contribution in [0, 0.1) is 17.3 Å². The smallest absolute Gasteiger partial charge is 0.373 e. The van der Waals surface area contributed by atoms with Crippen LogP contribution in [0.3, 0.4) is 0 Å². The fraction of sp³-hybridized carbons (Fsp3) is 1.00. The van der Waals surface area contributed by atoms with Gasteiger partial charge in [0.1, 0.15) is 0 Å². The van der Waals surface area contributed by atoms with Gasteiger partial charge in [0, 0.05) is 17.5 Å². The summed E-state index contributed by atoms with van der Waals surface area (Å²) in [5.41, 5.74) is -0.114. The highest BCUT2D eigenvalue weighted by Crippen LogP contribution is 2.63. The summed E-state index contributed by atoms with van der Waals surface area (Å²) in [4.78, 5) is 0. The van der Waals surface area contributed by atoms with Gasteiger partial charge in [0.25, 0.3) is 0 Å². The molecule has 3 unspecified atom stereocenters. The van der Waals surface area contributed by atoms with E-state index in [0.29, 0.717) is 11.8 Å². The predicted octanol–water partition coefficient (Wildman–Crippen LogP) is 4.98. The van der Waals surface area contributed by atoms with Crippen LogP contribution in [0.15, 0.2) is 0 Å². The summed E-state index contributed by atoms with van der Waals surface area (Å²) in [7, 11) is 0. The van der Waals surface area contributed by atoms with Crippen molar-refractivity contribution in [3.8, 4) is 0 Å². The minimum absolute atomic E-state index is 0.0787. The molecule has 2 aliphatic rings. The van der Waals surface area contributed by atoms with Gasteiger partial charge in [0.15, 0.2) is 0 Å². The number of ether oxygens (including phenoxy) is 1. The Kier molecular flexibility index (Phi) is 4.47.